The minimum Gasteiger partial charge on any atom is -0.325 e. The summed E-state index contributed by atoms with van der Waals surface area (Å²) in [7, 11) is -3.16. The van der Waals surface area contributed by atoms with Gasteiger partial charge in [0.2, 0.25) is 5.91 Å². The summed E-state index contributed by atoms with van der Waals surface area (Å²) in [6.07, 6.45) is 1.09. The molecule has 0 heterocycles. The van der Waals surface area contributed by atoms with E-state index in [0.29, 0.717) is 0 Å². The lowest BCUT2D eigenvalue weighted by Gasteiger charge is -2.12. The van der Waals surface area contributed by atoms with E-state index in [-0.39, 0.29) is 22.3 Å². The van der Waals surface area contributed by atoms with Crippen molar-refractivity contribution in [3.63, 3.8) is 0 Å². The Hall–Kier alpha value is -0.990. The third-order valence-electron chi connectivity index (χ3n) is 2.32. The number of benzene rings is 1. The Balaban J connectivity index is 2.61. The van der Waals surface area contributed by atoms with Gasteiger partial charge in [-0.15, -0.1) is 0 Å². The number of amides is 1. The number of hydrogen-bond acceptors (Lipinski definition) is 4. The van der Waals surface area contributed by atoms with Gasteiger partial charge in [0.05, 0.1) is 16.3 Å². The van der Waals surface area contributed by atoms with Crippen LogP contribution >= 0.6 is 15.9 Å². The van der Waals surface area contributed by atoms with Crippen molar-refractivity contribution in [1.82, 2.24) is 0 Å². The molecule has 1 amide bonds. The number of carbonyl (C=O) groups is 1. The predicted molar refractivity (Wildman–Crippen MR) is 75.0 cm³/mol. The maximum Gasteiger partial charge on any atom is 0.241 e. The summed E-state index contributed by atoms with van der Waals surface area (Å²) in [5.74, 6) is -1.23. The Morgan fingerprint density at radius 3 is 2.68 bits per heavy atom. The number of nitrogens with two attached hydrogens (primary N) is 1. The third kappa shape index (κ3) is 5.66. The normalized spacial score (nSPS) is 13.1. The second-order valence-electron chi connectivity index (χ2n) is 4.14. The van der Waals surface area contributed by atoms with Crippen molar-refractivity contribution in [3.8, 4) is 0 Å². The van der Waals surface area contributed by atoms with Crippen molar-refractivity contribution in [2.75, 3.05) is 17.3 Å². The molecule has 0 saturated heterocycles. The molecule has 0 aliphatic carbocycles. The molecule has 8 heteroatoms. The van der Waals surface area contributed by atoms with Gasteiger partial charge in [-0.2, -0.15) is 0 Å². The van der Waals surface area contributed by atoms with Gasteiger partial charge in [-0.1, -0.05) is 0 Å². The lowest BCUT2D eigenvalue weighted by Crippen LogP contribution is -2.37. The summed E-state index contributed by atoms with van der Waals surface area (Å²) in [5, 5.41) is 2.43. The molecule has 0 saturated carbocycles. The van der Waals surface area contributed by atoms with Crippen LogP contribution in [0.25, 0.3) is 0 Å². The van der Waals surface area contributed by atoms with Gasteiger partial charge in [0, 0.05) is 11.9 Å². The Bertz CT molecular complexity index is 577. The molecule has 19 heavy (non-hydrogen) atoms. The summed E-state index contributed by atoms with van der Waals surface area (Å²) in [4.78, 5) is 11.7. The van der Waals surface area contributed by atoms with Crippen LogP contribution in [0.2, 0.25) is 0 Å². The minimum absolute atomic E-state index is 0.0175. The molecule has 3 N–H and O–H groups in total. The Morgan fingerprint density at radius 1 is 1.53 bits per heavy atom. The molecule has 1 aromatic carbocycles. The largest absolute Gasteiger partial charge is 0.325 e. The summed E-state index contributed by atoms with van der Waals surface area (Å²) in [6, 6.07) is 3.15. The molecule has 1 unspecified atom stereocenters. The fraction of sp³-hybridized carbons (Fsp3) is 0.364. The van der Waals surface area contributed by atoms with E-state index in [0.717, 1.165) is 12.3 Å². The highest BCUT2D eigenvalue weighted by Gasteiger charge is 2.16. The van der Waals surface area contributed by atoms with Gasteiger partial charge < -0.3 is 11.1 Å². The first kappa shape index (κ1) is 16.1. The summed E-state index contributed by atoms with van der Waals surface area (Å²) in [5.41, 5.74) is 5.83. The smallest absolute Gasteiger partial charge is 0.241 e. The number of hydrogen-bond donors (Lipinski definition) is 2. The average Bonchev–Trinajstić information content (AvgIpc) is 2.29. The fourth-order valence-corrected chi connectivity index (χ4v) is 2.21. The first-order valence-electron chi connectivity index (χ1n) is 5.38. The monoisotopic (exact) mass is 352 g/mol. The SMILES string of the molecule is CS(=O)(=O)CCC(N)C(=O)Nc1ccc(Br)c(F)c1. The number of carbonyl (C=O) groups excluding carboxylic acids is 1. The maximum atomic E-state index is 13.2. The molecule has 1 atom stereocenters. The van der Waals surface area contributed by atoms with E-state index in [1.165, 1.54) is 12.1 Å². The highest BCUT2D eigenvalue weighted by Crippen LogP contribution is 2.19. The lowest BCUT2D eigenvalue weighted by molar-refractivity contribution is -0.117. The number of halogens is 2. The van der Waals surface area contributed by atoms with Gasteiger partial charge in [0.1, 0.15) is 15.7 Å². The van der Waals surface area contributed by atoms with Crippen molar-refractivity contribution in [2.45, 2.75) is 12.5 Å². The van der Waals surface area contributed by atoms with E-state index in [1.54, 1.807) is 0 Å². The second-order valence-corrected chi connectivity index (χ2v) is 7.26. The van der Waals surface area contributed by atoms with E-state index in [4.69, 9.17) is 5.73 Å². The highest BCUT2D eigenvalue weighted by atomic mass is 79.9. The minimum atomic E-state index is -3.16. The van der Waals surface area contributed by atoms with Gasteiger partial charge in [-0.05, 0) is 40.5 Å². The third-order valence-corrected chi connectivity index (χ3v) is 3.94. The summed E-state index contributed by atoms with van der Waals surface area (Å²) < 4.78 is 35.4. The van der Waals surface area contributed by atoms with Crippen LogP contribution in [0, 0.1) is 5.82 Å². The van der Waals surface area contributed by atoms with E-state index < -0.39 is 27.6 Å². The highest BCUT2D eigenvalue weighted by molar-refractivity contribution is 9.10. The van der Waals surface area contributed by atoms with Crippen molar-refractivity contribution in [3.05, 3.63) is 28.5 Å². The summed E-state index contributed by atoms with van der Waals surface area (Å²) in [6.45, 7) is 0. The number of nitrogens with one attached hydrogen (secondary N) is 1. The molecule has 0 bridgehead atoms. The van der Waals surface area contributed by atoms with Gasteiger partial charge in [0.25, 0.3) is 0 Å². The summed E-state index contributed by atoms with van der Waals surface area (Å²) >= 11 is 2.99. The number of anilines is 1. The van der Waals surface area contributed by atoms with E-state index >= 15 is 0 Å². The first-order valence-corrected chi connectivity index (χ1v) is 8.23. The number of rotatable bonds is 5. The average molecular weight is 353 g/mol. The van der Waals surface area contributed by atoms with Crippen molar-refractivity contribution >= 4 is 37.4 Å². The Morgan fingerprint density at radius 2 is 2.16 bits per heavy atom. The Kier molecular flexibility index (Phi) is 5.45. The van der Waals surface area contributed by atoms with Crippen molar-refractivity contribution in [1.29, 1.82) is 0 Å². The predicted octanol–water partition coefficient (Wildman–Crippen LogP) is 1.29. The molecule has 1 aromatic rings. The molecule has 106 valence electrons. The lowest BCUT2D eigenvalue weighted by atomic mass is 10.2. The van der Waals surface area contributed by atoms with Crippen LogP contribution in [-0.4, -0.2) is 32.4 Å². The molecule has 1 rings (SSSR count). The fourth-order valence-electron chi connectivity index (χ4n) is 1.28. The second kappa shape index (κ2) is 6.44. The van der Waals surface area contributed by atoms with E-state index in [2.05, 4.69) is 21.2 Å². The van der Waals surface area contributed by atoms with Crippen LogP contribution in [-0.2, 0) is 14.6 Å². The molecular formula is C11H14BrFN2O3S. The van der Waals surface area contributed by atoms with Crippen LogP contribution in [0.15, 0.2) is 22.7 Å². The van der Waals surface area contributed by atoms with Crippen molar-refractivity contribution in [2.24, 2.45) is 5.73 Å². The van der Waals surface area contributed by atoms with Gasteiger partial charge >= 0.3 is 0 Å². The molecular weight excluding hydrogens is 339 g/mol. The molecule has 0 aliphatic heterocycles. The van der Waals surface area contributed by atoms with Crippen LogP contribution in [0.5, 0.6) is 0 Å². The van der Waals surface area contributed by atoms with E-state index in [9.17, 15) is 17.6 Å². The molecule has 0 spiro atoms. The van der Waals surface area contributed by atoms with Gasteiger partial charge in [0.15, 0.2) is 0 Å². The maximum absolute atomic E-state index is 13.2. The molecule has 0 aliphatic rings. The van der Waals surface area contributed by atoms with Crippen LogP contribution in [0.1, 0.15) is 6.42 Å². The van der Waals surface area contributed by atoms with Crippen LogP contribution < -0.4 is 11.1 Å². The first-order chi connectivity index (χ1) is 8.69. The number of sulfone groups is 1. The van der Waals surface area contributed by atoms with Gasteiger partial charge in [-0.25, -0.2) is 12.8 Å². The molecule has 5 nitrogen and oxygen atoms in total. The molecule has 0 aromatic heterocycles. The Labute approximate surface area is 119 Å². The van der Waals surface area contributed by atoms with E-state index in [1.807, 2.05) is 0 Å². The standard InChI is InChI=1S/C11H14BrFN2O3S/c1-19(17,18)5-4-10(14)11(16)15-7-2-3-8(12)9(13)6-7/h2-3,6,10H,4-5,14H2,1H3,(H,15,16). The topological polar surface area (TPSA) is 89.3 Å². The quantitative estimate of drug-likeness (QED) is 0.835. The van der Waals surface area contributed by atoms with Crippen LogP contribution in [0.3, 0.4) is 0 Å². The zero-order valence-electron chi connectivity index (χ0n) is 10.2. The molecule has 0 fully saturated rings. The van der Waals surface area contributed by atoms with Crippen LogP contribution in [0.4, 0.5) is 10.1 Å². The van der Waals surface area contributed by atoms with Crippen molar-refractivity contribution < 1.29 is 17.6 Å². The van der Waals surface area contributed by atoms with Gasteiger partial charge in [-0.3, -0.25) is 4.79 Å². The molecule has 0 radical (unpaired) electrons. The zero-order chi connectivity index (χ0) is 14.6. The zero-order valence-corrected chi connectivity index (χ0v) is 12.6.